The first kappa shape index (κ1) is 6.06. The topological polar surface area (TPSA) is 0 Å². The van der Waals surface area contributed by atoms with E-state index in [1.807, 2.05) is 0 Å². The van der Waals surface area contributed by atoms with Crippen LogP contribution in [0.3, 0.4) is 0 Å². The normalized spacial score (nSPS) is 7.00. The molecule has 0 aliphatic carbocycles. The summed E-state index contributed by atoms with van der Waals surface area (Å²) in [4.78, 5) is 0. The molecule has 0 fully saturated rings. The Hall–Kier alpha value is 0.0600. The minimum absolute atomic E-state index is 0.241. The monoisotopic (exact) mass is 122 g/mol. The summed E-state index contributed by atoms with van der Waals surface area (Å²) in [5.41, 5.74) is 0. The second-order valence-electron chi connectivity index (χ2n) is 0.692. The molecule has 0 rings (SSSR count). The minimum Gasteiger partial charge on any atom is -0.0990 e. The zero-order chi connectivity index (χ0) is 4.99. The molecule has 0 nitrogen and oxygen atoms in total. The molecule has 0 amide bonds. The van der Waals surface area contributed by atoms with Gasteiger partial charge in [0.25, 0.3) is 0 Å². The Morgan fingerprint density at radius 3 is 2.00 bits per heavy atom. The van der Waals surface area contributed by atoms with E-state index in [-0.39, 0.29) is 4.49 Å². The average Bonchev–Trinajstić information content (AvgIpc) is 1.35. The molecule has 0 aromatic heterocycles. The van der Waals surface area contributed by atoms with Gasteiger partial charge in [-0.2, -0.15) is 0 Å². The molecule has 0 radical (unpaired) electrons. The Bertz CT molecular complexity index is 69.6. The second-order valence-corrected chi connectivity index (χ2v) is 1.70. The predicted molar refractivity (Wildman–Crippen MR) is 30.0 cm³/mol. The fraction of sp³-hybridized carbons (Fsp3) is 0. The Morgan fingerprint density at radius 2 is 2.00 bits per heavy atom. The number of halogens is 2. The third-order valence-electron chi connectivity index (χ3n) is 0.244. The summed E-state index contributed by atoms with van der Waals surface area (Å²) in [5.74, 6) is 0. The standard InChI is InChI=1S/C4H4Cl2/c1-2-3-4(5)6/h2-3H,1H2. The lowest BCUT2D eigenvalue weighted by Crippen LogP contribution is -1.42. The summed E-state index contributed by atoms with van der Waals surface area (Å²) in [5, 5.41) is 0. The van der Waals surface area contributed by atoms with Gasteiger partial charge in [-0.3, -0.25) is 0 Å². The van der Waals surface area contributed by atoms with Crippen molar-refractivity contribution < 1.29 is 0 Å². The Labute approximate surface area is 47.1 Å². The van der Waals surface area contributed by atoms with Crippen LogP contribution in [0, 0.1) is 0 Å². The van der Waals surface area contributed by atoms with Crippen LogP contribution >= 0.6 is 23.2 Å². The molecule has 0 aromatic rings. The van der Waals surface area contributed by atoms with Crippen molar-refractivity contribution in [2.24, 2.45) is 0 Å². The summed E-state index contributed by atoms with van der Waals surface area (Å²) >= 11 is 10.3. The molecule has 0 unspecified atom stereocenters. The van der Waals surface area contributed by atoms with E-state index in [1.165, 1.54) is 12.2 Å². The largest absolute Gasteiger partial charge is 0.106 e. The fourth-order valence-corrected chi connectivity index (χ4v) is 0.267. The van der Waals surface area contributed by atoms with Crippen molar-refractivity contribution in [3.63, 3.8) is 0 Å². The molecule has 34 valence electrons. The molecule has 0 spiro atoms. The van der Waals surface area contributed by atoms with Crippen LogP contribution in [0.25, 0.3) is 0 Å². The van der Waals surface area contributed by atoms with Gasteiger partial charge in [-0.05, 0) is 6.08 Å². The van der Waals surface area contributed by atoms with E-state index in [0.29, 0.717) is 0 Å². The van der Waals surface area contributed by atoms with Crippen molar-refractivity contribution in [3.05, 3.63) is 23.2 Å². The van der Waals surface area contributed by atoms with Gasteiger partial charge in [0, 0.05) is 0 Å². The maximum Gasteiger partial charge on any atom is 0.106 e. The summed E-state index contributed by atoms with van der Waals surface area (Å²) in [7, 11) is 0. The SMILES string of the molecule is C=CC=C(Cl)Cl. The molecule has 0 saturated carbocycles. The van der Waals surface area contributed by atoms with E-state index in [4.69, 9.17) is 23.2 Å². The van der Waals surface area contributed by atoms with Crippen LogP contribution in [-0.4, -0.2) is 0 Å². The number of hydrogen-bond acceptors (Lipinski definition) is 0. The van der Waals surface area contributed by atoms with Gasteiger partial charge >= 0.3 is 0 Å². The van der Waals surface area contributed by atoms with Crippen LogP contribution in [0.15, 0.2) is 23.2 Å². The van der Waals surface area contributed by atoms with E-state index in [0.717, 1.165) is 0 Å². The molecular formula is C4H4Cl2. The zero-order valence-electron chi connectivity index (χ0n) is 3.12. The third-order valence-corrected chi connectivity index (χ3v) is 0.496. The van der Waals surface area contributed by atoms with Crippen LogP contribution in [0.2, 0.25) is 0 Å². The van der Waals surface area contributed by atoms with Crippen LogP contribution in [0.5, 0.6) is 0 Å². The van der Waals surface area contributed by atoms with Gasteiger partial charge in [-0.15, -0.1) is 0 Å². The lowest BCUT2D eigenvalue weighted by atomic mass is 10.6. The van der Waals surface area contributed by atoms with Crippen LogP contribution < -0.4 is 0 Å². The predicted octanol–water partition coefficient (Wildman–Crippen LogP) is 2.49. The molecule has 0 N–H and O–H groups in total. The molecule has 0 atom stereocenters. The highest BCUT2D eigenvalue weighted by Crippen LogP contribution is 2.04. The summed E-state index contributed by atoms with van der Waals surface area (Å²) in [6.45, 7) is 3.36. The van der Waals surface area contributed by atoms with Crippen molar-refractivity contribution in [3.8, 4) is 0 Å². The second kappa shape index (κ2) is 3.26. The van der Waals surface area contributed by atoms with Crippen molar-refractivity contribution in [2.75, 3.05) is 0 Å². The maximum atomic E-state index is 5.13. The zero-order valence-corrected chi connectivity index (χ0v) is 4.63. The molecule has 0 aliphatic heterocycles. The average molecular weight is 123 g/mol. The molecule has 0 heterocycles. The van der Waals surface area contributed by atoms with E-state index in [2.05, 4.69) is 6.58 Å². The maximum absolute atomic E-state index is 5.13. The highest BCUT2D eigenvalue weighted by atomic mass is 35.5. The Kier molecular flexibility index (Phi) is 3.29. The van der Waals surface area contributed by atoms with Gasteiger partial charge in [0.05, 0.1) is 0 Å². The molecule has 0 aromatic carbocycles. The van der Waals surface area contributed by atoms with Gasteiger partial charge in [0.1, 0.15) is 4.49 Å². The quantitative estimate of drug-likeness (QED) is 0.470. The molecule has 6 heavy (non-hydrogen) atoms. The molecule has 0 bridgehead atoms. The van der Waals surface area contributed by atoms with Gasteiger partial charge in [-0.1, -0.05) is 35.9 Å². The highest BCUT2D eigenvalue weighted by Gasteiger charge is 1.71. The van der Waals surface area contributed by atoms with Gasteiger partial charge < -0.3 is 0 Å². The Balaban J connectivity index is 3.41. The number of hydrogen-bond donors (Lipinski definition) is 0. The first-order valence-corrected chi connectivity index (χ1v) is 2.16. The van der Waals surface area contributed by atoms with Crippen molar-refractivity contribution in [1.29, 1.82) is 0 Å². The minimum atomic E-state index is 0.241. The molecular weight excluding hydrogens is 119 g/mol. The van der Waals surface area contributed by atoms with Gasteiger partial charge in [0.15, 0.2) is 0 Å². The lowest BCUT2D eigenvalue weighted by Gasteiger charge is -1.69. The first-order chi connectivity index (χ1) is 2.77. The highest BCUT2D eigenvalue weighted by molar-refractivity contribution is 6.55. The van der Waals surface area contributed by atoms with Crippen LogP contribution in [0.1, 0.15) is 0 Å². The summed E-state index contributed by atoms with van der Waals surface area (Å²) < 4.78 is 0.241. The van der Waals surface area contributed by atoms with E-state index in [1.54, 1.807) is 0 Å². The summed E-state index contributed by atoms with van der Waals surface area (Å²) in [6, 6.07) is 0. The Morgan fingerprint density at radius 1 is 1.50 bits per heavy atom. The fourth-order valence-electron chi connectivity index (χ4n) is 0.0891. The summed E-state index contributed by atoms with van der Waals surface area (Å²) in [6.07, 6.45) is 3.03. The van der Waals surface area contributed by atoms with Crippen LogP contribution in [-0.2, 0) is 0 Å². The smallest absolute Gasteiger partial charge is 0.0990 e. The van der Waals surface area contributed by atoms with E-state index < -0.39 is 0 Å². The molecule has 0 aliphatic rings. The van der Waals surface area contributed by atoms with Crippen LogP contribution in [0.4, 0.5) is 0 Å². The van der Waals surface area contributed by atoms with Gasteiger partial charge in [-0.25, -0.2) is 0 Å². The first-order valence-electron chi connectivity index (χ1n) is 1.41. The van der Waals surface area contributed by atoms with Crippen molar-refractivity contribution >= 4 is 23.2 Å². The number of rotatable bonds is 1. The van der Waals surface area contributed by atoms with Crippen molar-refractivity contribution in [2.45, 2.75) is 0 Å². The van der Waals surface area contributed by atoms with Gasteiger partial charge in [0.2, 0.25) is 0 Å². The lowest BCUT2D eigenvalue weighted by molar-refractivity contribution is 2.06. The molecule has 2 heteroatoms. The number of allylic oxidation sites excluding steroid dienone is 2. The third kappa shape index (κ3) is 4.06. The van der Waals surface area contributed by atoms with E-state index in [9.17, 15) is 0 Å². The van der Waals surface area contributed by atoms with E-state index >= 15 is 0 Å². The van der Waals surface area contributed by atoms with Crippen molar-refractivity contribution in [1.82, 2.24) is 0 Å². The molecule has 0 saturated heterocycles.